The van der Waals surface area contributed by atoms with Gasteiger partial charge >= 0.3 is 0 Å². The molecule has 0 aliphatic carbocycles. The minimum absolute atomic E-state index is 0.214. The van der Waals surface area contributed by atoms with Crippen LogP contribution in [0.4, 0.5) is 5.69 Å². The fraction of sp³-hybridized carbons (Fsp3) is 0.167. The minimum Gasteiger partial charge on any atom is -0.487 e. The summed E-state index contributed by atoms with van der Waals surface area (Å²) >= 11 is 15.3. The Hall–Kier alpha value is -1.69. The zero-order valence-electron chi connectivity index (χ0n) is 13.4. The lowest BCUT2D eigenvalue weighted by molar-refractivity contribution is -0.118. The van der Waals surface area contributed by atoms with Crippen LogP contribution in [0, 0.1) is 0 Å². The van der Waals surface area contributed by atoms with Crippen molar-refractivity contribution in [1.82, 2.24) is 0 Å². The number of carbonyl (C=O) groups is 1. The lowest BCUT2D eigenvalue weighted by Crippen LogP contribution is -2.21. The molecule has 2 rings (SSSR count). The average molecular weight is 445 g/mol. The molecule has 0 saturated heterocycles. The molecular weight excluding hydrogens is 429 g/mol. The maximum atomic E-state index is 12.2. The Kier molecular flexibility index (Phi) is 7.17. The van der Waals surface area contributed by atoms with Gasteiger partial charge in [-0.2, -0.15) is 0 Å². The number of hydrogen-bond acceptors (Lipinski definition) is 3. The van der Waals surface area contributed by atoms with Crippen molar-refractivity contribution in [2.24, 2.45) is 0 Å². The van der Waals surface area contributed by atoms with Gasteiger partial charge in [-0.1, -0.05) is 41.9 Å². The van der Waals surface area contributed by atoms with Crippen LogP contribution in [-0.2, 0) is 4.79 Å². The molecule has 1 N–H and O–H groups in total. The van der Waals surface area contributed by atoms with Crippen LogP contribution in [-0.4, -0.2) is 19.1 Å². The lowest BCUT2D eigenvalue weighted by atomic mass is 10.3. The fourth-order valence-corrected chi connectivity index (χ4v) is 3.26. The van der Waals surface area contributed by atoms with Crippen LogP contribution in [0.1, 0.15) is 6.92 Å². The van der Waals surface area contributed by atoms with E-state index in [1.165, 1.54) is 0 Å². The van der Waals surface area contributed by atoms with Crippen molar-refractivity contribution in [1.29, 1.82) is 0 Å². The monoisotopic (exact) mass is 443 g/mol. The molecule has 1 amide bonds. The molecule has 4 nitrogen and oxygen atoms in total. The van der Waals surface area contributed by atoms with Gasteiger partial charge in [-0.15, -0.1) is 0 Å². The number of ether oxygens (including phenoxy) is 2. The summed E-state index contributed by atoms with van der Waals surface area (Å²) in [4.78, 5) is 12.2. The van der Waals surface area contributed by atoms with E-state index in [1.807, 2.05) is 13.0 Å². The second-order valence-electron chi connectivity index (χ2n) is 5.28. The molecule has 2 aromatic carbocycles. The van der Waals surface area contributed by atoms with Gasteiger partial charge in [0.15, 0.2) is 12.4 Å². The highest BCUT2D eigenvalue weighted by atomic mass is 79.9. The Balaban J connectivity index is 2.00. The van der Waals surface area contributed by atoms with Gasteiger partial charge in [-0.05, 0) is 52.7 Å². The van der Waals surface area contributed by atoms with Crippen molar-refractivity contribution < 1.29 is 14.3 Å². The molecule has 132 valence electrons. The number of amides is 1. The molecule has 0 spiro atoms. The molecular formula is C18H16BrCl2NO3. The summed E-state index contributed by atoms with van der Waals surface area (Å²) in [5.41, 5.74) is 1.44. The molecule has 0 aliphatic rings. The van der Waals surface area contributed by atoms with E-state index < -0.39 is 0 Å². The third-order valence-corrected chi connectivity index (χ3v) is 4.03. The zero-order chi connectivity index (χ0) is 18.4. The van der Waals surface area contributed by atoms with Gasteiger partial charge < -0.3 is 14.8 Å². The number of benzene rings is 2. The van der Waals surface area contributed by atoms with Gasteiger partial charge in [0, 0.05) is 5.02 Å². The Morgan fingerprint density at radius 3 is 2.60 bits per heavy atom. The number of rotatable bonds is 7. The third-order valence-electron chi connectivity index (χ3n) is 2.95. The number of anilines is 1. The molecule has 0 bridgehead atoms. The fourth-order valence-electron chi connectivity index (χ4n) is 1.89. The van der Waals surface area contributed by atoms with Gasteiger partial charge in [-0.25, -0.2) is 0 Å². The van der Waals surface area contributed by atoms with Crippen LogP contribution < -0.4 is 14.8 Å². The van der Waals surface area contributed by atoms with Gasteiger partial charge in [0.1, 0.15) is 12.4 Å². The first-order chi connectivity index (χ1) is 11.9. The maximum absolute atomic E-state index is 12.2. The smallest absolute Gasteiger partial charge is 0.262 e. The summed E-state index contributed by atoms with van der Waals surface area (Å²) in [5.74, 6) is 0.571. The van der Waals surface area contributed by atoms with Crippen molar-refractivity contribution in [3.8, 4) is 11.5 Å². The number of hydrogen-bond donors (Lipinski definition) is 1. The second kappa shape index (κ2) is 9.13. The summed E-state index contributed by atoms with van der Waals surface area (Å²) in [6, 6.07) is 10.3. The number of halogens is 3. The summed E-state index contributed by atoms with van der Waals surface area (Å²) in [7, 11) is 0. The van der Waals surface area contributed by atoms with Crippen LogP contribution in [0.2, 0.25) is 10.0 Å². The first kappa shape index (κ1) is 19.6. The van der Waals surface area contributed by atoms with Gasteiger partial charge in [0.05, 0.1) is 15.2 Å². The zero-order valence-corrected chi connectivity index (χ0v) is 16.5. The van der Waals surface area contributed by atoms with Crippen LogP contribution in [0.15, 0.2) is 53.0 Å². The summed E-state index contributed by atoms with van der Waals surface area (Å²) < 4.78 is 11.7. The van der Waals surface area contributed by atoms with Gasteiger partial charge in [0.25, 0.3) is 5.91 Å². The van der Waals surface area contributed by atoms with Crippen LogP contribution in [0.5, 0.6) is 11.5 Å². The van der Waals surface area contributed by atoms with Gasteiger partial charge in [0.2, 0.25) is 0 Å². The maximum Gasteiger partial charge on any atom is 0.262 e. The van der Waals surface area contributed by atoms with Crippen LogP contribution in [0.25, 0.3) is 0 Å². The molecule has 0 radical (unpaired) electrons. The summed E-state index contributed by atoms with van der Waals surface area (Å²) in [5, 5.41) is 3.54. The van der Waals surface area contributed by atoms with Crippen molar-refractivity contribution >= 4 is 50.7 Å². The number of nitrogens with one attached hydrogen (secondary N) is 1. The second-order valence-corrected chi connectivity index (χ2v) is 6.98. The third kappa shape index (κ3) is 5.96. The molecule has 0 saturated carbocycles. The number of carbonyl (C=O) groups excluding carboxylic acids is 1. The molecule has 25 heavy (non-hydrogen) atoms. The lowest BCUT2D eigenvalue weighted by Gasteiger charge is -2.13. The van der Waals surface area contributed by atoms with Crippen molar-refractivity contribution in [2.75, 3.05) is 18.5 Å². The van der Waals surface area contributed by atoms with E-state index in [2.05, 4.69) is 27.8 Å². The largest absolute Gasteiger partial charge is 0.487 e. The molecule has 7 heteroatoms. The van der Waals surface area contributed by atoms with E-state index in [0.29, 0.717) is 38.3 Å². The first-order valence-corrected chi connectivity index (χ1v) is 8.85. The SMILES string of the molecule is C=C(C)COc1ccccc1NC(=O)COc1c(Cl)cc(Cl)cc1Br. The standard InChI is InChI=1S/C18H16BrCl2NO3/c1-11(2)9-24-16-6-4-3-5-15(16)22-17(23)10-25-18-13(19)7-12(20)8-14(18)21/h3-8H,1,9-10H2,2H3,(H,22,23). The Morgan fingerprint density at radius 2 is 1.92 bits per heavy atom. The Bertz CT molecular complexity index is 773. The first-order valence-electron chi connectivity index (χ1n) is 7.30. The quantitative estimate of drug-likeness (QED) is 0.554. The number of para-hydroxylation sites is 2. The van der Waals surface area contributed by atoms with Crippen LogP contribution in [0.3, 0.4) is 0 Å². The van der Waals surface area contributed by atoms with E-state index >= 15 is 0 Å². The molecule has 2 aromatic rings. The normalized spacial score (nSPS) is 10.2. The summed E-state index contributed by atoms with van der Waals surface area (Å²) in [6.07, 6.45) is 0. The van der Waals surface area contributed by atoms with E-state index in [-0.39, 0.29) is 12.5 Å². The molecule has 0 fully saturated rings. The van der Waals surface area contributed by atoms with E-state index in [4.69, 9.17) is 32.7 Å². The highest BCUT2D eigenvalue weighted by molar-refractivity contribution is 9.10. The van der Waals surface area contributed by atoms with Crippen LogP contribution >= 0.6 is 39.1 Å². The molecule has 0 aromatic heterocycles. The molecule has 0 atom stereocenters. The van der Waals surface area contributed by atoms with Gasteiger partial charge in [-0.3, -0.25) is 4.79 Å². The highest BCUT2D eigenvalue weighted by Crippen LogP contribution is 2.36. The average Bonchev–Trinajstić information content (AvgIpc) is 2.53. The van der Waals surface area contributed by atoms with Crippen molar-refractivity contribution in [3.63, 3.8) is 0 Å². The molecule has 0 unspecified atom stereocenters. The molecule has 0 aliphatic heterocycles. The topological polar surface area (TPSA) is 47.6 Å². The molecule has 0 heterocycles. The Morgan fingerprint density at radius 1 is 1.20 bits per heavy atom. The van der Waals surface area contributed by atoms with E-state index in [9.17, 15) is 4.79 Å². The summed E-state index contributed by atoms with van der Waals surface area (Å²) in [6.45, 7) is 5.81. The van der Waals surface area contributed by atoms with Crippen molar-refractivity contribution in [2.45, 2.75) is 6.92 Å². The predicted octanol–water partition coefficient (Wildman–Crippen LogP) is 5.73. The Labute approximate surface area is 164 Å². The highest BCUT2D eigenvalue weighted by Gasteiger charge is 2.12. The van der Waals surface area contributed by atoms with E-state index in [1.54, 1.807) is 30.3 Å². The minimum atomic E-state index is -0.343. The van der Waals surface area contributed by atoms with E-state index in [0.717, 1.165) is 5.57 Å². The van der Waals surface area contributed by atoms with Crippen molar-refractivity contribution in [3.05, 3.63) is 63.1 Å². The predicted molar refractivity (Wildman–Crippen MR) is 105 cm³/mol.